The van der Waals surface area contributed by atoms with E-state index < -0.39 is 0 Å². The Kier molecular flexibility index (Phi) is 7.01. The molecule has 1 aromatic rings. The molecule has 2 aliphatic rings. The van der Waals surface area contributed by atoms with Crippen LogP contribution in [-0.2, 0) is 11.3 Å². The number of nitrogens with zero attached hydrogens (tertiary/aromatic N) is 2. The summed E-state index contributed by atoms with van der Waals surface area (Å²) in [5.41, 5.74) is 1.01. The fraction of sp³-hybridized carbons (Fsp3) is 0.619. The van der Waals surface area contributed by atoms with Gasteiger partial charge in [-0.15, -0.1) is 0 Å². The minimum absolute atomic E-state index is 0.0382. The van der Waals surface area contributed by atoms with E-state index in [1.165, 1.54) is 0 Å². The normalized spacial score (nSPS) is 19.5. The number of hydrogen-bond acceptors (Lipinski definition) is 4. The molecule has 2 aliphatic heterocycles. The van der Waals surface area contributed by atoms with Crippen molar-refractivity contribution in [3.05, 3.63) is 23.8 Å². The molecule has 154 valence electrons. The summed E-state index contributed by atoms with van der Waals surface area (Å²) < 4.78 is 11.7. The largest absolute Gasteiger partial charge is 0.490 e. The van der Waals surface area contributed by atoms with Gasteiger partial charge in [0.1, 0.15) is 0 Å². The lowest BCUT2D eigenvalue weighted by Crippen LogP contribution is -2.45. The average Bonchev–Trinajstić information content (AvgIpc) is 3.00. The van der Waals surface area contributed by atoms with Crippen molar-refractivity contribution in [3.8, 4) is 11.5 Å². The standard InChI is InChI=1S/C21H32N4O3/c1-4-22-21(24-17-9-10-25(14-17)20(26)15(2)3)23-13-16-7-5-8-18-19(16)28-12-6-11-27-18/h5,7-8,15,17H,4,6,9-14H2,1-3H3,(H2,22,23,24). The molecule has 1 atom stereocenters. The Morgan fingerprint density at radius 3 is 2.93 bits per heavy atom. The first-order valence-electron chi connectivity index (χ1n) is 10.3. The molecular formula is C21H32N4O3. The summed E-state index contributed by atoms with van der Waals surface area (Å²) in [6, 6.07) is 6.16. The molecule has 2 N–H and O–H groups in total. The second-order valence-corrected chi connectivity index (χ2v) is 7.56. The van der Waals surface area contributed by atoms with Crippen LogP contribution in [0.4, 0.5) is 0 Å². The van der Waals surface area contributed by atoms with E-state index in [1.807, 2.05) is 43.9 Å². The van der Waals surface area contributed by atoms with E-state index in [-0.39, 0.29) is 17.9 Å². The number of hydrogen-bond donors (Lipinski definition) is 2. The third-order valence-corrected chi connectivity index (χ3v) is 4.94. The molecule has 1 fully saturated rings. The van der Waals surface area contributed by atoms with Crippen molar-refractivity contribution < 1.29 is 14.3 Å². The van der Waals surface area contributed by atoms with E-state index in [2.05, 4.69) is 10.6 Å². The average molecular weight is 389 g/mol. The van der Waals surface area contributed by atoms with Crippen molar-refractivity contribution in [2.45, 2.75) is 46.2 Å². The highest BCUT2D eigenvalue weighted by Gasteiger charge is 2.28. The van der Waals surface area contributed by atoms with Gasteiger partial charge in [-0.1, -0.05) is 26.0 Å². The molecule has 7 nitrogen and oxygen atoms in total. The van der Waals surface area contributed by atoms with Gasteiger partial charge in [0.15, 0.2) is 17.5 Å². The predicted octanol–water partition coefficient (Wildman–Crippen LogP) is 2.16. The molecule has 2 heterocycles. The number of amides is 1. The van der Waals surface area contributed by atoms with Crippen molar-refractivity contribution in [1.82, 2.24) is 15.5 Å². The number of likely N-dealkylation sites (tertiary alicyclic amines) is 1. The van der Waals surface area contributed by atoms with Crippen LogP contribution < -0.4 is 20.1 Å². The fourth-order valence-corrected chi connectivity index (χ4v) is 3.50. The molecule has 28 heavy (non-hydrogen) atoms. The van der Waals surface area contributed by atoms with Crippen LogP contribution in [-0.4, -0.2) is 55.7 Å². The summed E-state index contributed by atoms with van der Waals surface area (Å²) in [5, 5.41) is 6.78. The summed E-state index contributed by atoms with van der Waals surface area (Å²) in [5.74, 6) is 2.61. The van der Waals surface area contributed by atoms with Gasteiger partial charge in [0.2, 0.25) is 5.91 Å². The molecule has 0 aliphatic carbocycles. The number of ether oxygens (including phenoxy) is 2. The SMILES string of the molecule is CCNC(=NCc1cccc2c1OCCCO2)NC1CCN(C(=O)C(C)C)C1. The summed E-state index contributed by atoms with van der Waals surface area (Å²) in [6.45, 7) is 10.1. The summed E-state index contributed by atoms with van der Waals surface area (Å²) >= 11 is 0. The van der Waals surface area contributed by atoms with Crippen molar-refractivity contribution in [1.29, 1.82) is 0 Å². The Hall–Kier alpha value is -2.44. The highest BCUT2D eigenvalue weighted by Crippen LogP contribution is 2.33. The van der Waals surface area contributed by atoms with E-state index in [1.54, 1.807) is 0 Å². The van der Waals surface area contributed by atoms with Crippen LogP contribution in [0, 0.1) is 5.92 Å². The first-order chi connectivity index (χ1) is 13.6. The van der Waals surface area contributed by atoms with E-state index >= 15 is 0 Å². The lowest BCUT2D eigenvalue weighted by atomic mass is 10.2. The van der Waals surface area contributed by atoms with Gasteiger partial charge in [-0.2, -0.15) is 0 Å². The topological polar surface area (TPSA) is 75.2 Å². The summed E-state index contributed by atoms with van der Waals surface area (Å²) in [6.07, 6.45) is 1.81. The van der Waals surface area contributed by atoms with Gasteiger partial charge in [0.05, 0.1) is 19.8 Å². The van der Waals surface area contributed by atoms with Crippen molar-refractivity contribution in [2.24, 2.45) is 10.9 Å². The Morgan fingerprint density at radius 2 is 2.14 bits per heavy atom. The molecule has 7 heteroatoms. The monoisotopic (exact) mass is 388 g/mol. The summed E-state index contributed by atoms with van der Waals surface area (Å²) in [7, 11) is 0. The van der Waals surface area contributed by atoms with Gasteiger partial charge in [-0.3, -0.25) is 4.79 Å². The lowest BCUT2D eigenvalue weighted by molar-refractivity contribution is -0.133. The zero-order chi connectivity index (χ0) is 19.9. The number of carbonyl (C=O) groups excluding carboxylic acids is 1. The highest BCUT2D eigenvalue weighted by atomic mass is 16.5. The number of benzene rings is 1. The minimum atomic E-state index is 0.0382. The first-order valence-corrected chi connectivity index (χ1v) is 10.3. The van der Waals surface area contributed by atoms with Gasteiger partial charge >= 0.3 is 0 Å². The molecule has 1 amide bonds. The molecule has 0 radical (unpaired) electrons. The fourth-order valence-electron chi connectivity index (χ4n) is 3.50. The van der Waals surface area contributed by atoms with Gasteiger partial charge in [0, 0.05) is 43.6 Å². The predicted molar refractivity (Wildman–Crippen MR) is 110 cm³/mol. The number of para-hydroxylation sites is 1. The van der Waals surface area contributed by atoms with Gasteiger partial charge in [-0.05, 0) is 19.4 Å². The smallest absolute Gasteiger partial charge is 0.225 e. The number of nitrogens with one attached hydrogen (secondary N) is 2. The second kappa shape index (κ2) is 9.66. The maximum Gasteiger partial charge on any atom is 0.225 e. The van der Waals surface area contributed by atoms with Crippen LogP contribution in [0.3, 0.4) is 0 Å². The molecule has 3 rings (SSSR count). The molecule has 0 aromatic heterocycles. The first kappa shape index (κ1) is 20.3. The van der Waals surface area contributed by atoms with Gasteiger partial charge in [-0.25, -0.2) is 4.99 Å². The van der Waals surface area contributed by atoms with Crippen LogP contribution in [0.25, 0.3) is 0 Å². The Bertz CT molecular complexity index is 705. The zero-order valence-electron chi connectivity index (χ0n) is 17.2. The molecule has 1 unspecified atom stereocenters. The van der Waals surface area contributed by atoms with Crippen LogP contribution in [0.2, 0.25) is 0 Å². The Balaban J connectivity index is 1.65. The van der Waals surface area contributed by atoms with E-state index in [0.717, 1.165) is 55.5 Å². The van der Waals surface area contributed by atoms with Gasteiger partial charge in [0.25, 0.3) is 0 Å². The van der Waals surface area contributed by atoms with Gasteiger partial charge < -0.3 is 25.0 Å². The summed E-state index contributed by atoms with van der Waals surface area (Å²) in [4.78, 5) is 18.9. The molecule has 0 saturated carbocycles. The zero-order valence-corrected chi connectivity index (χ0v) is 17.2. The second-order valence-electron chi connectivity index (χ2n) is 7.56. The van der Waals surface area contributed by atoms with E-state index in [4.69, 9.17) is 14.5 Å². The Morgan fingerprint density at radius 1 is 1.32 bits per heavy atom. The van der Waals surface area contributed by atoms with Crippen molar-refractivity contribution in [3.63, 3.8) is 0 Å². The van der Waals surface area contributed by atoms with E-state index in [0.29, 0.717) is 19.8 Å². The minimum Gasteiger partial charge on any atom is -0.490 e. The van der Waals surface area contributed by atoms with Crippen LogP contribution in [0.15, 0.2) is 23.2 Å². The van der Waals surface area contributed by atoms with E-state index in [9.17, 15) is 4.79 Å². The maximum atomic E-state index is 12.2. The molecule has 0 spiro atoms. The van der Waals surface area contributed by atoms with Crippen molar-refractivity contribution in [2.75, 3.05) is 32.8 Å². The van der Waals surface area contributed by atoms with Crippen LogP contribution >= 0.6 is 0 Å². The quantitative estimate of drug-likeness (QED) is 0.597. The number of aliphatic imine (C=N–C) groups is 1. The van der Waals surface area contributed by atoms with Crippen molar-refractivity contribution >= 4 is 11.9 Å². The van der Waals surface area contributed by atoms with Crippen LogP contribution in [0.1, 0.15) is 39.2 Å². The third-order valence-electron chi connectivity index (χ3n) is 4.94. The van der Waals surface area contributed by atoms with Crippen LogP contribution in [0.5, 0.6) is 11.5 Å². The lowest BCUT2D eigenvalue weighted by Gasteiger charge is -2.20. The highest BCUT2D eigenvalue weighted by molar-refractivity contribution is 5.81. The molecule has 1 aromatic carbocycles. The molecule has 1 saturated heterocycles. The third kappa shape index (κ3) is 5.09. The maximum absolute atomic E-state index is 12.2. The molecular weight excluding hydrogens is 356 g/mol. The number of rotatable bonds is 5. The number of fused-ring (bicyclic) bond motifs is 1. The molecule has 0 bridgehead atoms. The number of guanidine groups is 1. The Labute approximate surface area is 167 Å². The number of carbonyl (C=O) groups is 1.